The van der Waals surface area contributed by atoms with Crippen LogP contribution in [0.2, 0.25) is 0 Å². The number of halogens is 1. The highest BCUT2D eigenvalue weighted by atomic mass is 127. The van der Waals surface area contributed by atoms with Crippen LogP contribution >= 0.6 is 24.0 Å². The molecule has 2 N–H and O–H groups in total. The summed E-state index contributed by atoms with van der Waals surface area (Å²) in [4.78, 5) is 9.53. The molecule has 6 heteroatoms. The van der Waals surface area contributed by atoms with Gasteiger partial charge in [0.05, 0.1) is 6.54 Å². The van der Waals surface area contributed by atoms with Gasteiger partial charge in [-0.15, -0.1) is 24.0 Å². The van der Waals surface area contributed by atoms with E-state index in [1.807, 2.05) is 0 Å². The lowest BCUT2D eigenvalue weighted by atomic mass is 10.1. The van der Waals surface area contributed by atoms with Gasteiger partial charge < -0.3 is 15.5 Å². The summed E-state index contributed by atoms with van der Waals surface area (Å²) in [6, 6.07) is 9.73. The highest BCUT2D eigenvalue weighted by molar-refractivity contribution is 14.0. The van der Waals surface area contributed by atoms with Gasteiger partial charge in [0, 0.05) is 38.3 Å². The minimum Gasteiger partial charge on any atom is -0.357 e. The van der Waals surface area contributed by atoms with E-state index < -0.39 is 0 Å². The number of benzene rings is 1. The Morgan fingerprint density at radius 1 is 1.00 bits per heavy atom. The van der Waals surface area contributed by atoms with Gasteiger partial charge >= 0.3 is 0 Å². The molecule has 0 aliphatic rings. The molecular weight excluding hydrogens is 461 g/mol. The molecule has 0 heterocycles. The summed E-state index contributed by atoms with van der Waals surface area (Å²) >= 11 is 0. The molecule has 1 aromatic rings. The van der Waals surface area contributed by atoms with E-state index in [2.05, 4.69) is 93.4 Å². The Balaban J connectivity index is 0.00000729. The molecule has 0 aliphatic carbocycles. The zero-order valence-electron chi connectivity index (χ0n) is 19.0. The molecule has 5 nitrogen and oxygen atoms in total. The monoisotopic (exact) mass is 503 g/mol. The van der Waals surface area contributed by atoms with Crippen LogP contribution in [0.25, 0.3) is 0 Å². The van der Waals surface area contributed by atoms with Crippen molar-refractivity contribution >= 4 is 29.9 Å². The first-order chi connectivity index (χ1) is 12.8. The zero-order chi connectivity index (χ0) is 20.2. The Labute approximate surface area is 190 Å². The van der Waals surface area contributed by atoms with Crippen LogP contribution in [0.15, 0.2) is 29.3 Å². The average molecular weight is 504 g/mol. The van der Waals surface area contributed by atoms with Crippen LogP contribution in [0.5, 0.6) is 0 Å². The highest BCUT2D eigenvalue weighted by Gasteiger charge is 2.12. The smallest absolute Gasteiger partial charge is 0.191 e. The Morgan fingerprint density at radius 2 is 1.61 bits per heavy atom. The molecule has 0 bridgehead atoms. The average Bonchev–Trinajstić information content (AvgIpc) is 2.59. The van der Waals surface area contributed by atoms with E-state index in [9.17, 15) is 0 Å². The van der Waals surface area contributed by atoms with Crippen LogP contribution in [0.1, 0.15) is 52.2 Å². The van der Waals surface area contributed by atoms with Gasteiger partial charge in [-0.1, -0.05) is 24.3 Å². The fourth-order valence-electron chi connectivity index (χ4n) is 3.29. The lowest BCUT2D eigenvalue weighted by Crippen LogP contribution is -2.41. The van der Waals surface area contributed by atoms with E-state index in [4.69, 9.17) is 4.99 Å². The van der Waals surface area contributed by atoms with E-state index in [0.29, 0.717) is 18.6 Å². The Kier molecular flexibility index (Phi) is 14.6. The van der Waals surface area contributed by atoms with Crippen molar-refractivity contribution in [3.63, 3.8) is 0 Å². The van der Waals surface area contributed by atoms with Crippen molar-refractivity contribution in [3.8, 4) is 0 Å². The quantitative estimate of drug-likeness (QED) is 0.208. The van der Waals surface area contributed by atoms with Crippen molar-refractivity contribution in [2.24, 2.45) is 4.99 Å². The zero-order valence-corrected chi connectivity index (χ0v) is 21.3. The molecule has 162 valence electrons. The van der Waals surface area contributed by atoms with Crippen LogP contribution in [-0.4, -0.2) is 61.6 Å². The van der Waals surface area contributed by atoms with E-state index >= 15 is 0 Å². The third-order valence-corrected chi connectivity index (χ3v) is 4.57. The fourth-order valence-corrected chi connectivity index (χ4v) is 3.29. The molecule has 0 amide bonds. The molecule has 0 atom stereocenters. The minimum absolute atomic E-state index is 0. The van der Waals surface area contributed by atoms with Crippen molar-refractivity contribution in [1.29, 1.82) is 0 Å². The van der Waals surface area contributed by atoms with E-state index in [1.165, 1.54) is 11.1 Å². The van der Waals surface area contributed by atoms with E-state index in [-0.39, 0.29) is 24.0 Å². The van der Waals surface area contributed by atoms with Crippen molar-refractivity contribution < 1.29 is 0 Å². The normalized spacial score (nSPS) is 12.0. The number of nitrogens with zero attached hydrogens (tertiary/aromatic N) is 3. The maximum atomic E-state index is 4.80. The SMILES string of the molecule is CCNC(=NCc1ccccc1CN(C)C)NCCCN(C(C)C)C(C)C.I. The van der Waals surface area contributed by atoms with Gasteiger partial charge in [-0.2, -0.15) is 0 Å². The van der Waals surface area contributed by atoms with Gasteiger partial charge in [0.15, 0.2) is 5.96 Å². The maximum absolute atomic E-state index is 4.80. The predicted octanol–water partition coefficient (Wildman–Crippen LogP) is 3.93. The summed E-state index contributed by atoms with van der Waals surface area (Å²) in [6.45, 7) is 15.7. The molecular formula is C22H42IN5. The summed E-state index contributed by atoms with van der Waals surface area (Å²) in [7, 11) is 4.20. The van der Waals surface area contributed by atoms with Crippen molar-refractivity contribution in [2.75, 3.05) is 33.7 Å². The first-order valence-corrected chi connectivity index (χ1v) is 10.3. The highest BCUT2D eigenvalue weighted by Crippen LogP contribution is 2.11. The van der Waals surface area contributed by atoms with Gasteiger partial charge in [-0.3, -0.25) is 4.90 Å². The van der Waals surface area contributed by atoms with Crippen LogP contribution in [0.4, 0.5) is 0 Å². The first-order valence-electron chi connectivity index (χ1n) is 10.3. The molecule has 0 aromatic heterocycles. The third kappa shape index (κ3) is 10.6. The van der Waals surface area contributed by atoms with Crippen molar-refractivity contribution in [2.45, 2.75) is 66.2 Å². The summed E-state index contributed by atoms with van der Waals surface area (Å²) in [5.41, 5.74) is 2.63. The number of guanidine groups is 1. The number of hydrogen-bond acceptors (Lipinski definition) is 3. The van der Waals surface area contributed by atoms with Crippen LogP contribution < -0.4 is 10.6 Å². The van der Waals surface area contributed by atoms with Gasteiger partial charge in [0.1, 0.15) is 0 Å². The molecule has 0 aliphatic heterocycles. The maximum Gasteiger partial charge on any atom is 0.191 e. The minimum atomic E-state index is 0. The van der Waals surface area contributed by atoms with Crippen molar-refractivity contribution in [3.05, 3.63) is 35.4 Å². The standard InChI is InChI=1S/C22H41N5.HI/c1-8-23-22(24-14-11-15-27(18(2)3)19(4)5)25-16-20-12-9-10-13-21(20)17-26(6)7;/h9-10,12-13,18-19H,8,11,14-17H2,1-7H3,(H2,23,24,25);1H. The second-order valence-corrected chi connectivity index (χ2v) is 7.91. The molecule has 0 saturated carbocycles. The lowest BCUT2D eigenvalue weighted by molar-refractivity contribution is 0.173. The second-order valence-electron chi connectivity index (χ2n) is 7.91. The number of hydrogen-bond donors (Lipinski definition) is 2. The summed E-state index contributed by atoms with van der Waals surface area (Å²) in [5.74, 6) is 0.901. The van der Waals surface area contributed by atoms with Gasteiger partial charge in [-0.05, 0) is 66.3 Å². The molecule has 0 spiro atoms. The number of aliphatic imine (C=N–C) groups is 1. The summed E-state index contributed by atoms with van der Waals surface area (Å²) < 4.78 is 0. The molecule has 1 aromatic carbocycles. The Morgan fingerprint density at radius 3 is 2.14 bits per heavy atom. The van der Waals surface area contributed by atoms with Crippen LogP contribution in [0.3, 0.4) is 0 Å². The molecule has 0 unspecified atom stereocenters. The van der Waals surface area contributed by atoms with E-state index in [1.54, 1.807) is 0 Å². The van der Waals surface area contributed by atoms with Crippen molar-refractivity contribution in [1.82, 2.24) is 20.4 Å². The predicted molar refractivity (Wildman–Crippen MR) is 134 cm³/mol. The van der Waals surface area contributed by atoms with E-state index in [0.717, 1.165) is 38.6 Å². The Bertz CT molecular complexity index is 550. The van der Waals surface area contributed by atoms with Gasteiger partial charge in [0.25, 0.3) is 0 Å². The third-order valence-electron chi connectivity index (χ3n) is 4.57. The van der Waals surface area contributed by atoms with Gasteiger partial charge in [-0.25, -0.2) is 4.99 Å². The number of nitrogens with one attached hydrogen (secondary N) is 2. The largest absolute Gasteiger partial charge is 0.357 e. The number of rotatable bonds is 11. The second kappa shape index (κ2) is 15.0. The first kappa shape index (κ1) is 27.1. The molecule has 0 fully saturated rings. The molecule has 1 rings (SSSR count). The van der Waals surface area contributed by atoms with Gasteiger partial charge in [0.2, 0.25) is 0 Å². The summed E-state index contributed by atoms with van der Waals surface area (Å²) in [6.07, 6.45) is 1.11. The van der Waals surface area contributed by atoms with Crippen LogP contribution in [-0.2, 0) is 13.1 Å². The topological polar surface area (TPSA) is 42.9 Å². The molecule has 0 saturated heterocycles. The fraction of sp³-hybridized carbons (Fsp3) is 0.682. The van der Waals surface area contributed by atoms with Crippen LogP contribution in [0, 0.1) is 0 Å². The Hall–Kier alpha value is -0.860. The molecule has 0 radical (unpaired) electrons. The molecule has 28 heavy (non-hydrogen) atoms. The summed E-state index contributed by atoms with van der Waals surface area (Å²) in [5, 5.41) is 6.85. The lowest BCUT2D eigenvalue weighted by Gasteiger charge is -2.30.